The number of aromatic nitrogens is 2. The Morgan fingerprint density at radius 1 is 1.38 bits per heavy atom. The van der Waals surface area contributed by atoms with Gasteiger partial charge in [0, 0.05) is 24.5 Å². The van der Waals surface area contributed by atoms with Crippen molar-refractivity contribution in [1.82, 2.24) is 9.97 Å². The Kier molecular flexibility index (Phi) is 4.83. The number of nitro benzene ring substituents is 1. The van der Waals surface area contributed by atoms with Crippen LogP contribution in [0.2, 0.25) is 0 Å². The molecule has 1 heterocycles. The minimum atomic E-state index is -0.498. The highest BCUT2D eigenvalue weighted by Gasteiger charge is 2.11. The molecule has 1 amide bonds. The molecule has 0 bridgehead atoms. The van der Waals surface area contributed by atoms with Gasteiger partial charge in [-0.2, -0.15) is 0 Å². The van der Waals surface area contributed by atoms with Crippen LogP contribution >= 0.6 is 11.8 Å². The van der Waals surface area contributed by atoms with E-state index in [1.807, 2.05) is 0 Å². The van der Waals surface area contributed by atoms with Gasteiger partial charge in [0.25, 0.3) is 5.69 Å². The van der Waals surface area contributed by atoms with Gasteiger partial charge in [0.1, 0.15) is 0 Å². The first-order chi connectivity index (χ1) is 10.1. The van der Waals surface area contributed by atoms with E-state index in [1.54, 1.807) is 31.5 Å². The van der Waals surface area contributed by atoms with E-state index in [-0.39, 0.29) is 17.3 Å². The lowest BCUT2D eigenvalue weighted by molar-refractivity contribution is -0.384. The molecule has 1 N–H and O–H groups in total. The summed E-state index contributed by atoms with van der Waals surface area (Å²) in [6.45, 7) is 1.77. The van der Waals surface area contributed by atoms with Gasteiger partial charge >= 0.3 is 0 Å². The zero-order chi connectivity index (χ0) is 15.2. The molecule has 0 saturated carbocycles. The topological polar surface area (TPSA) is 98.0 Å². The van der Waals surface area contributed by atoms with Gasteiger partial charge < -0.3 is 5.32 Å². The predicted molar refractivity (Wildman–Crippen MR) is 79.2 cm³/mol. The number of amides is 1. The summed E-state index contributed by atoms with van der Waals surface area (Å²) in [4.78, 5) is 30.1. The van der Waals surface area contributed by atoms with Crippen molar-refractivity contribution >= 4 is 29.0 Å². The lowest BCUT2D eigenvalue weighted by Crippen LogP contribution is -2.15. The number of nitrogens with zero attached hydrogens (tertiary/aromatic N) is 3. The van der Waals surface area contributed by atoms with Crippen molar-refractivity contribution in [3.05, 3.63) is 52.3 Å². The number of anilines is 1. The fourth-order valence-corrected chi connectivity index (χ4v) is 2.14. The van der Waals surface area contributed by atoms with Crippen LogP contribution in [0, 0.1) is 17.0 Å². The Bertz CT molecular complexity index is 664. The smallest absolute Gasteiger partial charge is 0.271 e. The van der Waals surface area contributed by atoms with Crippen LogP contribution in [-0.2, 0) is 4.79 Å². The van der Waals surface area contributed by atoms with E-state index in [9.17, 15) is 14.9 Å². The van der Waals surface area contributed by atoms with E-state index in [0.29, 0.717) is 10.8 Å². The Balaban J connectivity index is 1.99. The van der Waals surface area contributed by atoms with Crippen molar-refractivity contribution in [3.63, 3.8) is 0 Å². The molecule has 2 aromatic rings. The fourth-order valence-electron chi connectivity index (χ4n) is 1.53. The summed E-state index contributed by atoms with van der Waals surface area (Å²) >= 11 is 1.20. The molecule has 1 aromatic carbocycles. The summed E-state index contributed by atoms with van der Waals surface area (Å²) in [5, 5.41) is 13.9. The first-order valence-corrected chi connectivity index (χ1v) is 6.99. The molecule has 8 heteroatoms. The number of benzene rings is 1. The van der Waals surface area contributed by atoms with Gasteiger partial charge in [-0.05, 0) is 18.6 Å². The van der Waals surface area contributed by atoms with Gasteiger partial charge in [-0.1, -0.05) is 17.8 Å². The maximum atomic E-state index is 11.9. The van der Waals surface area contributed by atoms with Crippen molar-refractivity contribution in [2.75, 3.05) is 11.1 Å². The Hall–Kier alpha value is -2.48. The average molecular weight is 304 g/mol. The third-order valence-electron chi connectivity index (χ3n) is 2.58. The lowest BCUT2D eigenvalue weighted by Gasteiger charge is -2.07. The molecule has 0 unspecified atom stereocenters. The van der Waals surface area contributed by atoms with Crippen LogP contribution in [0.3, 0.4) is 0 Å². The van der Waals surface area contributed by atoms with Crippen molar-refractivity contribution in [2.45, 2.75) is 12.1 Å². The molecular formula is C13H12N4O3S. The number of aryl methyl sites for hydroxylation is 1. The quantitative estimate of drug-likeness (QED) is 0.394. The van der Waals surface area contributed by atoms with E-state index in [2.05, 4.69) is 15.3 Å². The highest BCUT2D eigenvalue weighted by atomic mass is 32.2. The number of thioether (sulfide) groups is 1. The molecule has 1 aromatic heterocycles. The number of non-ortho nitro benzene ring substituents is 1. The normalized spacial score (nSPS) is 10.1. The standard InChI is InChI=1S/C13H12N4O3S/c1-9-3-4-10(17(19)20)7-11(9)16-12(18)8-21-13-14-5-2-6-15-13/h2-7H,8H2,1H3,(H,16,18). The second-order valence-corrected chi connectivity index (χ2v) is 5.07. The van der Waals surface area contributed by atoms with Gasteiger partial charge in [0.2, 0.25) is 5.91 Å². The Morgan fingerprint density at radius 2 is 2.10 bits per heavy atom. The molecule has 0 aliphatic heterocycles. The van der Waals surface area contributed by atoms with Crippen LogP contribution in [0.1, 0.15) is 5.56 Å². The number of rotatable bonds is 5. The Morgan fingerprint density at radius 3 is 2.76 bits per heavy atom. The largest absolute Gasteiger partial charge is 0.325 e. The molecular weight excluding hydrogens is 292 g/mol. The van der Waals surface area contributed by atoms with Crippen LogP contribution in [0.15, 0.2) is 41.8 Å². The van der Waals surface area contributed by atoms with Crippen molar-refractivity contribution < 1.29 is 9.72 Å². The molecule has 0 aliphatic rings. The summed E-state index contributed by atoms with van der Waals surface area (Å²) < 4.78 is 0. The molecule has 2 rings (SSSR count). The van der Waals surface area contributed by atoms with Gasteiger partial charge in [-0.15, -0.1) is 0 Å². The molecule has 21 heavy (non-hydrogen) atoms. The number of carbonyl (C=O) groups excluding carboxylic acids is 1. The van der Waals surface area contributed by atoms with E-state index in [1.165, 1.54) is 23.9 Å². The SMILES string of the molecule is Cc1ccc([N+](=O)[O-])cc1NC(=O)CSc1ncccn1. The molecule has 108 valence electrons. The van der Waals surface area contributed by atoms with E-state index in [0.717, 1.165) is 5.56 Å². The highest BCUT2D eigenvalue weighted by molar-refractivity contribution is 7.99. The summed E-state index contributed by atoms with van der Waals surface area (Å²) in [6, 6.07) is 6.03. The molecule has 0 radical (unpaired) electrons. The average Bonchev–Trinajstić information content (AvgIpc) is 2.48. The summed E-state index contributed by atoms with van der Waals surface area (Å²) in [6.07, 6.45) is 3.19. The monoisotopic (exact) mass is 304 g/mol. The number of hydrogen-bond acceptors (Lipinski definition) is 6. The first kappa shape index (κ1) is 14.9. The highest BCUT2D eigenvalue weighted by Crippen LogP contribution is 2.22. The second kappa shape index (κ2) is 6.80. The third-order valence-corrected chi connectivity index (χ3v) is 3.46. The number of carbonyl (C=O) groups is 1. The van der Waals surface area contributed by atoms with Crippen molar-refractivity contribution in [3.8, 4) is 0 Å². The minimum Gasteiger partial charge on any atom is -0.325 e. The minimum absolute atomic E-state index is 0.0602. The zero-order valence-electron chi connectivity index (χ0n) is 11.1. The van der Waals surface area contributed by atoms with E-state index < -0.39 is 4.92 Å². The van der Waals surface area contributed by atoms with Crippen LogP contribution < -0.4 is 5.32 Å². The molecule has 0 fully saturated rings. The van der Waals surface area contributed by atoms with Crippen LogP contribution in [0.4, 0.5) is 11.4 Å². The predicted octanol–water partition coefficient (Wildman–Crippen LogP) is 2.42. The number of hydrogen-bond donors (Lipinski definition) is 1. The molecule has 7 nitrogen and oxygen atoms in total. The van der Waals surface area contributed by atoms with E-state index in [4.69, 9.17) is 0 Å². The zero-order valence-corrected chi connectivity index (χ0v) is 12.0. The van der Waals surface area contributed by atoms with Crippen LogP contribution in [0.5, 0.6) is 0 Å². The summed E-state index contributed by atoms with van der Waals surface area (Å²) in [7, 11) is 0. The molecule has 0 atom stereocenters. The van der Waals surface area contributed by atoms with Gasteiger partial charge in [0.05, 0.1) is 16.4 Å². The van der Waals surface area contributed by atoms with Crippen LogP contribution in [-0.4, -0.2) is 26.6 Å². The number of nitrogens with one attached hydrogen (secondary N) is 1. The molecule has 0 saturated heterocycles. The van der Waals surface area contributed by atoms with Crippen molar-refractivity contribution in [2.24, 2.45) is 0 Å². The van der Waals surface area contributed by atoms with Gasteiger partial charge in [0.15, 0.2) is 5.16 Å². The van der Waals surface area contributed by atoms with Gasteiger partial charge in [-0.25, -0.2) is 9.97 Å². The van der Waals surface area contributed by atoms with Crippen molar-refractivity contribution in [1.29, 1.82) is 0 Å². The fraction of sp³-hybridized carbons (Fsp3) is 0.154. The maximum absolute atomic E-state index is 11.9. The third kappa shape index (κ3) is 4.25. The van der Waals surface area contributed by atoms with Crippen LogP contribution in [0.25, 0.3) is 0 Å². The number of nitro groups is 1. The van der Waals surface area contributed by atoms with E-state index >= 15 is 0 Å². The van der Waals surface area contributed by atoms with Gasteiger partial charge in [-0.3, -0.25) is 14.9 Å². The Labute approximate surface area is 125 Å². The maximum Gasteiger partial charge on any atom is 0.271 e. The lowest BCUT2D eigenvalue weighted by atomic mass is 10.2. The first-order valence-electron chi connectivity index (χ1n) is 6.01. The molecule has 0 aliphatic carbocycles. The molecule has 0 spiro atoms. The second-order valence-electron chi connectivity index (χ2n) is 4.12. The summed E-state index contributed by atoms with van der Waals surface area (Å²) in [5.74, 6) is -0.136. The summed E-state index contributed by atoms with van der Waals surface area (Å²) in [5.41, 5.74) is 1.13.